The Bertz CT molecular complexity index is 3060. The van der Waals surface area contributed by atoms with Crippen LogP contribution in [-0.2, 0) is 0 Å². The van der Waals surface area contributed by atoms with E-state index in [-0.39, 0.29) is 0 Å². The van der Waals surface area contributed by atoms with Gasteiger partial charge in [-0.25, -0.2) is 9.97 Å². The lowest BCUT2D eigenvalue weighted by Gasteiger charge is -2.25. The van der Waals surface area contributed by atoms with Crippen LogP contribution in [0.4, 0.5) is 17.1 Å². The summed E-state index contributed by atoms with van der Waals surface area (Å²) in [7, 11) is 0. The smallest absolute Gasteiger partial charge is 0.307 e. The minimum atomic E-state index is 0.501. The molecule has 0 aliphatic carbocycles. The van der Waals surface area contributed by atoms with Crippen LogP contribution in [0.3, 0.4) is 0 Å². The van der Waals surface area contributed by atoms with Crippen LogP contribution in [0.15, 0.2) is 165 Å². The molecular weight excluding hydrogens is 635 g/mol. The van der Waals surface area contributed by atoms with E-state index in [1.54, 1.807) is 6.20 Å². The minimum absolute atomic E-state index is 0.501. The van der Waals surface area contributed by atoms with E-state index in [1.807, 2.05) is 72.8 Å². The molecule has 0 spiro atoms. The van der Waals surface area contributed by atoms with Crippen LogP contribution in [-0.4, -0.2) is 19.5 Å². The molecule has 0 aliphatic heterocycles. The summed E-state index contributed by atoms with van der Waals surface area (Å²) in [5.74, 6) is 0.501. The molecule has 0 aliphatic rings. The maximum Gasteiger partial charge on any atom is 0.307 e. The molecule has 0 amide bonds. The lowest BCUT2D eigenvalue weighted by atomic mass is 10.1. The van der Waals surface area contributed by atoms with Gasteiger partial charge in [0.15, 0.2) is 11.2 Å². The number of furan rings is 1. The van der Waals surface area contributed by atoms with E-state index in [1.165, 1.54) is 0 Å². The molecule has 240 valence electrons. The predicted octanol–water partition coefficient (Wildman–Crippen LogP) is 11.5. The molecule has 0 radical (unpaired) electrons. The normalized spacial score (nSPS) is 11.9. The summed E-state index contributed by atoms with van der Waals surface area (Å²) in [6.07, 6.45) is 1.75. The molecule has 5 heterocycles. The number of nitrogens with zero attached hydrogens (tertiary/aromatic N) is 5. The molecule has 8 nitrogen and oxygen atoms in total. The Morgan fingerprint density at radius 1 is 0.471 bits per heavy atom. The van der Waals surface area contributed by atoms with Crippen LogP contribution in [0.1, 0.15) is 0 Å². The van der Waals surface area contributed by atoms with Crippen molar-refractivity contribution in [3.8, 4) is 17.5 Å². The monoisotopic (exact) mass is 659 g/mol. The Balaban J connectivity index is 0.992. The second kappa shape index (κ2) is 10.7. The molecule has 51 heavy (non-hydrogen) atoms. The Morgan fingerprint density at radius 2 is 1.14 bits per heavy atom. The molecule has 6 aromatic carbocycles. The minimum Gasteiger partial charge on any atom is -0.438 e. The van der Waals surface area contributed by atoms with Crippen molar-refractivity contribution in [2.75, 3.05) is 4.90 Å². The molecule has 5 aromatic heterocycles. The second-order valence-electron chi connectivity index (χ2n) is 12.5. The zero-order chi connectivity index (χ0) is 33.5. The molecule has 0 atom stereocenters. The van der Waals surface area contributed by atoms with Gasteiger partial charge in [-0.3, -0.25) is 4.57 Å². The molecule has 0 saturated heterocycles. The Labute approximate surface area is 289 Å². The number of hydrogen-bond acceptors (Lipinski definition) is 7. The molecule has 0 bridgehead atoms. The van der Waals surface area contributed by atoms with E-state index in [4.69, 9.17) is 23.2 Å². The fraction of sp³-hybridized carbons (Fsp3) is 0. The molecule has 11 aromatic rings. The number of benzene rings is 6. The highest BCUT2D eigenvalue weighted by Crippen LogP contribution is 2.40. The van der Waals surface area contributed by atoms with E-state index in [2.05, 4.69) is 87.2 Å². The predicted molar refractivity (Wildman–Crippen MR) is 201 cm³/mol. The van der Waals surface area contributed by atoms with Crippen molar-refractivity contribution in [1.82, 2.24) is 19.5 Å². The van der Waals surface area contributed by atoms with Crippen LogP contribution in [0.25, 0.3) is 83.5 Å². The van der Waals surface area contributed by atoms with Crippen molar-refractivity contribution in [3.63, 3.8) is 0 Å². The zero-order valence-corrected chi connectivity index (χ0v) is 26.9. The zero-order valence-electron chi connectivity index (χ0n) is 26.9. The number of rotatable bonds is 5. The van der Waals surface area contributed by atoms with E-state index >= 15 is 0 Å². The number of hydrogen-bond donors (Lipinski definition) is 0. The van der Waals surface area contributed by atoms with Crippen LogP contribution in [0, 0.1) is 0 Å². The van der Waals surface area contributed by atoms with Crippen molar-refractivity contribution in [2.45, 2.75) is 0 Å². The maximum atomic E-state index is 6.44. The highest BCUT2D eigenvalue weighted by Gasteiger charge is 2.20. The van der Waals surface area contributed by atoms with Crippen LogP contribution < -0.4 is 4.90 Å². The van der Waals surface area contributed by atoms with Gasteiger partial charge in [0, 0.05) is 62.5 Å². The highest BCUT2D eigenvalue weighted by molar-refractivity contribution is 6.09. The molecule has 11 rings (SSSR count). The molecule has 0 saturated carbocycles. The summed E-state index contributed by atoms with van der Waals surface area (Å²) in [5, 5.41) is 4.32. The average Bonchev–Trinajstić information content (AvgIpc) is 3.96. The van der Waals surface area contributed by atoms with Gasteiger partial charge in [0.2, 0.25) is 11.6 Å². The summed E-state index contributed by atoms with van der Waals surface area (Å²) < 4.78 is 21.1. The Kier molecular flexibility index (Phi) is 5.79. The first kappa shape index (κ1) is 27.7. The molecular formula is C43H25N5O3. The van der Waals surface area contributed by atoms with Crippen molar-refractivity contribution in [2.24, 2.45) is 0 Å². The summed E-state index contributed by atoms with van der Waals surface area (Å²) in [4.78, 5) is 16.3. The number of para-hydroxylation sites is 3. The first-order chi connectivity index (χ1) is 25.2. The van der Waals surface area contributed by atoms with Crippen LogP contribution in [0.2, 0.25) is 0 Å². The molecule has 0 unspecified atom stereocenters. The maximum absolute atomic E-state index is 6.44. The number of anilines is 3. The van der Waals surface area contributed by atoms with Gasteiger partial charge in [0.25, 0.3) is 0 Å². The van der Waals surface area contributed by atoms with E-state index in [0.717, 1.165) is 71.8 Å². The summed E-state index contributed by atoms with van der Waals surface area (Å²) in [6, 6.07) is 49.5. The third kappa shape index (κ3) is 4.30. The van der Waals surface area contributed by atoms with Crippen molar-refractivity contribution in [3.05, 3.63) is 152 Å². The Morgan fingerprint density at radius 3 is 1.96 bits per heavy atom. The third-order valence-electron chi connectivity index (χ3n) is 9.53. The van der Waals surface area contributed by atoms with E-state index in [9.17, 15) is 0 Å². The summed E-state index contributed by atoms with van der Waals surface area (Å²) in [5.41, 5.74) is 9.97. The largest absolute Gasteiger partial charge is 0.438 e. The van der Waals surface area contributed by atoms with Crippen LogP contribution >= 0.6 is 0 Å². The van der Waals surface area contributed by atoms with Gasteiger partial charge >= 0.3 is 6.01 Å². The lowest BCUT2D eigenvalue weighted by Crippen LogP contribution is -2.09. The quantitative estimate of drug-likeness (QED) is 0.182. The van der Waals surface area contributed by atoms with Crippen molar-refractivity contribution >= 4 is 83.1 Å². The fourth-order valence-electron chi connectivity index (χ4n) is 7.21. The molecule has 0 N–H and O–H groups in total. The van der Waals surface area contributed by atoms with Gasteiger partial charge in [0.05, 0.1) is 11.0 Å². The van der Waals surface area contributed by atoms with Gasteiger partial charge in [0.1, 0.15) is 16.6 Å². The van der Waals surface area contributed by atoms with Crippen molar-refractivity contribution < 1.29 is 13.3 Å². The average molecular weight is 660 g/mol. The van der Waals surface area contributed by atoms with E-state index in [0.29, 0.717) is 28.8 Å². The fourth-order valence-corrected chi connectivity index (χ4v) is 7.21. The first-order valence-corrected chi connectivity index (χ1v) is 16.7. The van der Waals surface area contributed by atoms with Gasteiger partial charge in [-0.1, -0.05) is 54.6 Å². The SMILES string of the molecule is c1ccc(N(c2ccc3nc(-c4ccc5nc(-n6c7ccccc7c7ccccc76)oc5c4)oc3c2)c2ccc3c(c2)oc2ncccc23)cc1. The Hall–Kier alpha value is -7.19. The van der Waals surface area contributed by atoms with Gasteiger partial charge in [-0.05, 0) is 78.9 Å². The third-order valence-corrected chi connectivity index (χ3v) is 9.53. The van der Waals surface area contributed by atoms with Crippen molar-refractivity contribution in [1.29, 1.82) is 0 Å². The first-order valence-electron chi connectivity index (χ1n) is 16.7. The molecule has 0 fully saturated rings. The van der Waals surface area contributed by atoms with E-state index < -0.39 is 0 Å². The standard InChI is InChI=1S/C43H25N5O3/c1-2-9-27(10-3-1)47(28-17-19-32-33-13-8-22-44-42(33)49-38(32)24-28)29-18-21-34-40(25-29)50-41(45-34)26-16-20-35-39(23-26)51-43(46-35)48-36-14-6-4-11-30(36)31-12-5-7-15-37(31)48/h1-25H. The molecule has 8 heteroatoms. The summed E-state index contributed by atoms with van der Waals surface area (Å²) in [6.45, 7) is 0. The van der Waals surface area contributed by atoms with Gasteiger partial charge < -0.3 is 18.2 Å². The highest BCUT2D eigenvalue weighted by atomic mass is 16.4. The number of aromatic nitrogens is 4. The van der Waals surface area contributed by atoms with Gasteiger partial charge in [-0.15, -0.1) is 0 Å². The second-order valence-corrected chi connectivity index (χ2v) is 12.5. The number of fused-ring (bicyclic) bond motifs is 8. The topological polar surface area (TPSA) is 86.3 Å². The number of oxazole rings is 2. The number of pyridine rings is 1. The summed E-state index contributed by atoms with van der Waals surface area (Å²) >= 11 is 0. The lowest BCUT2D eigenvalue weighted by molar-refractivity contribution is 0.574. The van der Waals surface area contributed by atoms with Crippen LogP contribution in [0.5, 0.6) is 0 Å². The van der Waals surface area contributed by atoms with Gasteiger partial charge in [-0.2, -0.15) is 4.98 Å².